The lowest BCUT2D eigenvalue weighted by Gasteiger charge is -2.05. The van der Waals surface area contributed by atoms with Gasteiger partial charge in [0.2, 0.25) is 11.8 Å². The molecular formula is C25H20N4O2S2. The Kier molecular flexibility index (Phi) is 6.01. The number of hydrogen-bond donors (Lipinski definition) is 3. The second kappa shape index (κ2) is 9.40. The molecule has 33 heavy (non-hydrogen) atoms. The minimum absolute atomic E-state index is 0.0393. The number of aromatic nitrogens is 2. The average Bonchev–Trinajstić information content (AvgIpc) is 3.56. The van der Waals surface area contributed by atoms with Crippen LogP contribution in [0.3, 0.4) is 0 Å². The SMILES string of the molecule is O=C(Cc1ccsc1)Nc1ccc2nc(-c3ccc(NC(=O)Cc4cccs4)cc3)[nH]c2c1. The molecule has 0 unspecified atom stereocenters. The van der Waals surface area contributed by atoms with Crippen LogP contribution in [0.25, 0.3) is 22.4 Å². The first-order valence-corrected chi connectivity index (χ1v) is 12.2. The van der Waals surface area contributed by atoms with Crippen molar-refractivity contribution in [3.05, 3.63) is 87.2 Å². The molecule has 2 aromatic carbocycles. The van der Waals surface area contributed by atoms with Gasteiger partial charge in [0, 0.05) is 21.8 Å². The first kappa shape index (κ1) is 21.1. The maximum Gasteiger partial charge on any atom is 0.229 e. The van der Waals surface area contributed by atoms with Crippen molar-refractivity contribution >= 4 is 56.9 Å². The number of nitrogens with zero attached hydrogens (tertiary/aromatic N) is 1. The van der Waals surface area contributed by atoms with Crippen molar-refractivity contribution < 1.29 is 9.59 Å². The molecule has 0 saturated carbocycles. The van der Waals surface area contributed by atoms with Gasteiger partial charge in [-0.05, 0) is 76.3 Å². The van der Waals surface area contributed by atoms with E-state index in [0.717, 1.165) is 44.2 Å². The Morgan fingerprint density at radius 2 is 1.67 bits per heavy atom. The van der Waals surface area contributed by atoms with Gasteiger partial charge in [-0.3, -0.25) is 9.59 Å². The predicted molar refractivity (Wildman–Crippen MR) is 135 cm³/mol. The van der Waals surface area contributed by atoms with Crippen LogP contribution in [0.15, 0.2) is 76.8 Å². The highest BCUT2D eigenvalue weighted by atomic mass is 32.1. The Labute approximate surface area is 198 Å². The summed E-state index contributed by atoms with van der Waals surface area (Å²) in [6.45, 7) is 0. The summed E-state index contributed by atoms with van der Waals surface area (Å²) in [6, 6.07) is 19.0. The number of anilines is 2. The zero-order chi connectivity index (χ0) is 22.6. The van der Waals surface area contributed by atoms with Crippen LogP contribution in [-0.4, -0.2) is 21.8 Å². The van der Waals surface area contributed by atoms with Gasteiger partial charge in [-0.15, -0.1) is 11.3 Å². The first-order valence-electron chi connectivity index (χ1n) is 10.4. The summed E-state index contributed by atoms with van der Waals surface area (Å²) in [6.07, 6.45) is 0.723. The van der Waals surface area contributed by atoms with E-state index < -0.39 is 0 Å². The van der Waals surface area contributed by atoms with Crippen LogP contribution in [0.2, 0.25) is 0 Å². The van der Waals surface area contributed by atoms with Crippen molar-refractivity contribution in [1.29, 1.82) is 0 Å². The van der Waals surface area contributed by atoms with Crippen LogP contribution in [0.5, 0.6) is 0 Å². The zero-order valence-corrected chi connectivity index (χ0v) is 19.1. The van der Waals surface area contributed by atoms with Gasteiger partial charge in [0.05, 0.1) is 23.9 Å². The third-order valence-electron chi connectivity index (χ3n) is 5.07. The molecule has 0 fully saturated rings. The third-order valence-corrected chi connectivity index (χ3v) is 6.68. The number of carbonyl (C=O) groups is 2. The molecule has 0 bridgehead atoms. The van der Waals surface area contributed by atoms with Gasteiger partial charge in [-0.2, -0.15) is 11.3 Å². The molecule has 3 N–H and O–H groups in total. The molecule has 5 rings (SSSR count). The van der Waals surface area contributed by atoms with Crippen LogP contribution in [0, 0.1) is 0 Å². The third kappa shape index (κ3) is 5.19. The second-order valence-corrected chi connectivity index (χ2v) is 9.37. The number of amides is 2. The lowest BCUT2D eigenvalue weighted by molar-refractivity contribution is -0.116. The fourth-order valence-electron chi connectivity index (χ4n) is 3.50. The number of rotatable bonds is 7. The molecule has 0 aliphatic carbocycles. The standard InChI is InChI=1S/C25H20N4O2S2/c30-23(12-16-9-11-32-15-16)27-19-7-8-21-22(13-19)29-25(28-21)17-3-5-18(6-4-17)26-24(31)14-20-2-1-10-33-20/h1-11,13,15H,12,14H2,(H,26,31)(H,27,30)(H,28,29). The van der Waals surface area contributed by atoms with Crippen molar-refractivity contribution in [3.8, 4) is 11.4 Å². The number of H-pyrrole nitrogens is 1. The molecule has 6 nitrogen and oxygen atoms in total. The molecule has 0 spiro atoms. The fraction of sp³-hybridized carbons (Fsp3) is 0.0800. The molecule has 0 aliphatic rings. The van der Waals surface area contributed by atoms with Gasteiger partial charge >= 0.3 is 0 Å². The van der Waals surface area contributed by atoms with Gasteiger partial charge < -0.3 is 15.6 Å². The molecule has 8 heteroatoms. The monoisotopic (exact) mass is 472 g/mol. The van der Waals surface area contributed by atoms with E-state index in [2.05, 4.69) is 20.6 Å². The van der Waals surface area contributed by atoms with E-state index in [4.69, 9.17) is 0 Å². The topological polar surface area (TPSA) is 86.9 Å². The van der Waals surface area contributed by atoms with E-state index in [1.807, 2.05) is 76.8 Å². The van der Waals surface area contributed by atoms with Crippen LogP contribution in [-0.2, 0) is 22.4 Å². The van der Waals surface area contributed by atoms with Crippen LogP contribution >= 0.6 is 22.7 Å². The maximum atomic E-state index is 12.3. The van der Waals surface area contributed by atoms with E-state index in [1.165, 1.54) is 0 Å². The first-order chi connectivity index (χ1) is 16.1. The van der Waals surface area contributed by atoms with E-state index in [0.29, 0.717) is 12.8 Å². The van der Waals surface area contributed by atoms with Crippen molar-refractivity contribution in [2.45, 2.75) is 12.8 Å². The average molecular weight is 473 g/mol. The minimum atomic E-state index is -0.0517. The Balaban J connectivity index is 1.25. The highest BCUT2D eigenvalue weighted by Crippen LogP contribution is 2.24. The summed E-state index contributed by atoms with van der Waals surface area (Å²) in [5.74, 6) is 0.634. The van der Waals surface area contributed by atoms with Gasteiger partial charge in [-0.25, -0.2) is 4.98 Å². The molecular weight excluding hydrogens is 452 g/mol. The van der Waals surface area contributed by atoms with Gasteiger partial charge in [0.25, 0.3) is 0 Å². The Hall–Kier alpha value is -3.75. The normalized spacial score (nSPS) is 10.9. The Bertz CT molecular complexity index is 1390. The summed E-state index contributed by atoms with van der Waals surface area (Å²) < 4.78 is 0. The maximum absolute atomic E-state index is 12.3. The zero-order valence-electron chi connectivity index (χ0n) is 17.5. The molecule has 3 heterocycles. The molecule has 0 aliphatic heterocycles. The fourth-order valence-corrected chi connectivity index (χ4v) is 4.87. The Morgan fingerprint density at radius 3 is 2.42 bits per heavy atom. The van der Waals surface area contributed by atoms with E-state index in [9.17, 15) is 9.59 Å². The quantitative estimate of drug-likeness (QED) is 0.283. The van der Waals surface area contributed by atoms with E-state index >= 15 is 0 Å². The van der Waals surface area contributed by atoms with Gasteiger partial charge in [0.1, 0.15) is 5.82 Å². The number of thiophene rings is 2. The van der Waals surface area contributed by atoms with Crippen molar-refractivity contribution in [1.82, 2.24) is 9.97 Å². The number of fused-ring (bicyclic) bond motifs is 1. The van der Waals surface area contributed by atoms with Crippen LogP contribution in [0.4, 0.5) is 11.4 Å². The minimum Gasteiger partial charge on any atom is -0.338 e. The van der Waals surface area contributed by atoms with Crippen molar-refractivity contribution in [2.24, 2.45) is 0 Å². The molecule has 2 amide bonds. The number of aromatic amines is 1. The van der Waals surface area contributed by atoms with E-state index in [1.54, 1.807) is 22.7 Å². The molecule has 3 aromatic heterocycles. The summed E-state index contributed by atoms with van der Waals surface area (Å²) in [4.78, 5) is 33.5. The highest BCUT2D eigenvalue weighted by Gasteiger charge is 2.10. The number of hydrogen-bond acceptors (Lipinski definition) is 5. The predicted octanol–water partition coefficient (Wildman–Crippen LogP) is 5.72. The van der Waals surface area contributed by atoms with Gasteiger partial charge in [0.15, 0.2) is 0 Å². The molecule has 0 saturated heterocycles. The Morgan fingerprint density at radius 1 is 0.879 bits per heavy atom. The molecule has 0 atom stereocenters. The lowest BCUT2D eigenvalue weighted by Crippen LogP contribution is -2.13. The summed E-state index contributed by atoms with van der Waals surface area (Å²) >= 11 is 3.15. The van der Waals surface area contributed by atoms with E-state index in [-0.39, 0.29) is 11.8 Å². The number of imidazole rings is 1. The van der Waals surface area contributed by atoms with Crippen LogP contribution < -0.4 is 10.6 Å². The van der Waals surface area contributed by atoms with Crippen LogP contribution in [0.1, 0.15) is 10.4 Å². The molecule has 0 radical (unpaired) electrons. The van der Waals surface area contributed by atoms with Gasteiger partial charge in [-0.1, -0.05) is 6.07 Å². The number of nitrogens with one attached hydrogen (secondary N) is 3. The van der Waals surface area contributed by atoms with Crippen molar-refractivity contribution in [3.63, 3.8) is 0 Å². The second-order valence-electron chi connectivity index (χ2n) is 7.56. The smallest absolute Gasteiger partial charge is 0.229 e. The molecule has 164 valence electrons. The summed E-state index contributed by atoms with van der Waals surface area (Å²) in [7, 11) is 0. The highest BCUT2D eigenvalue weighted by molar-refractivity contribution is 7.10. The largest absolute Gasteiger partial charge is 0.338 e. The number of carbonyl (C=O) groups excluding carboxylic acids is 2. The lowest BCUT2D eigenvalue weighted by atomic mass is 10.2. The summed E-state index contributed by atoms with van der Waals surface area (Å²) in [5, 5.41) is 11.8. The molecule has 5 aromatic rings. The number of benzene rings is 2. The van der Waals surface area contributed by atoms with Crippen molar-refractivity contribution in [2.75, 3.05) is 10.6 Å². The summed E-state index contributed by atoms with van der Waals surface area (Å²) in [5.41, 5.74) is 5.04.